The van der Waals surface area contributed by atoms with E-state index in [9.17, 15) is 8.78 Å². The van der Waals surface area contributed by atoms with Crippen LogP contribution >= 0.6 is 0 Å². The largest absolute Gasteiger partial charge is 0.314 e. The van der Waals surface area contributed by atoms with E-state index in [4.69, 9.17) is 0 Å². The van der Waals surface area contributed by atoms with Crippen LogP contribution in [0.15, 0.2) is 18.2 Å². The van der Waals surface area contributed by atoms with Crippen LogP contribution < -0.4 is 5.32 Å². The summed E-state index contributed by atoms with van der Waals surface area (Å²) in [6, 6.07) is 5.33. The average Bonchev–Trinajstić information content (AvgIpc) is 2.15. The molecule has 0 spiro atoms. The second-order valence-electron chi connectivity index (χ2n) is 5.51. The van der Waals surface area contributed by atoms with E-state index in [-0.39, 0.29) is 17.5 Å². The zero-order valence-corrected chi connectivity index (χ0v) is 11.2. The Morgan fingerprint density at radius 2 is 1.76 bits per heavy atom. The van der Waals surface area contributed by atoms with Crippen molar-refractivity contribution in [3.8, 4) is 0 Å². The van der Waals surface area contributed by atoms with Crippen LogP contribution in [0.1, 0.15) is 37.5 Å². The van der Waals surface area contributed by atoms with Crippen molar-refractivity contribution >= 4 is 0 Å². The highest BCUT2D eigenvalue weighted by Crippen LogP contribution is 2.33. The van der Waals surface area contributed by atoms with Gasteiger partial charge in [-0.3, -0.25) is 0 Å². The third-order valence-corrected chi connectivity index (χ3v) is 2.90. The molecule has 0 aliphatic carbocycles. The Hall–Kier alpha value is -0.960. The number of rotatable bonds is 3. The van der Waals surface area contributed by atoms with Gasteiger partial charge in [0.15, 0.2) is 0 Å². The molecule has 0 fully saturated rings. The fourth-order valence-corrected chi connectivity index (χ4v) is 1.80. The van der Waals surface area contributed by atoms with Crippen LogP contribution in [0.3, 0.4) is 0 Å². The Morgan fingerprint density at radius 1 is 1.18 bits per heavy atom. The molecule has 0 aliphatic heterocycles. The molecule has 1 N–H and O–H groups in total. The summed E-state index contributed by atoms with van der Waals surface area (Å²) >= 11 is 0. The van der Waals surface area contributed by atoms with E-state index in [2.05, 4.69) is 5.32 Å². The van der Waals surface area contributed by atoms with E-state index >= 15 is 0 Å². The average molecular weight is 241 g/mol. The molecule has 0 atom stereocenters. The molecule has 1 aromatic rings. The third-order valence-electron chi connectivity index (χ3n) is 2.90. The molecule has 0 saturated heterocycles. The summed E-state index contributed by atoms with van der Waals surface area (Å²) in [5.41, 5.74) is 1.59. The van der Waals surface area contributed by atoms with Crippen LogP contribution in [-0.2, 0) is 11.3 Å². The molecule has 0 heterocycles. The van der Waals surface area contributed by atoms with Gasteiger partial charge in [0.2, 0.25) is 0 Å². The van der Waals surface area contributed by atoms with Crippen LogP contribution in [0.4, 0.5) is 8.78 Å². The quantitative estimate of drug-likeness (QED) is 0.852. The van der Waals surface area contributed by atoms with Gasteiger partial charge < -0.3 is 5.32 Å². The van der Waals surface area contributed by atoms with Gasteiger partial charge in [0.25, 0.3) is 5.92 Å². The summed E-state index contributed by atoms with van der Waals surface area (Å²) in [4.78, 5) is 0. The van der Waals surface area contributed by atoms with Crippen LogP contribution in [0, 0.1) is 6.92 Å². The number of nitrogens with one attached hydrogen (secondary N) is 1. The maximum atomic E-state index is 13.9. The van der Waals surface area contributed by atoms with Gasteiger partial charge in [-0.1, -0.05) is 32.9 Å². The summed E-state index contributed by atoms with van der Waals surface area (Å²) < 4.78 is 27.8. The minimum atomic E-state index is -2.82. The number of hydrogen-bond donors (Lipinski definition) is 1. The fourth-order valence-electron chi connectivity index (χ4n) is 1.80. The highest BCUT2D eigenvalue weighted by Gasteiger charge is 2.33. The molecule has 0 radical (unpaired) electrons. The number of halogens is 2. The summed E-state index contributed by atoms with van der Waals surface area (Å²) in [6.45, 7) is 7.47. The Morgan fingerprint density at radius 3 is 2.24 bits per heavy atom. The lowest BCUT2D eigenvalue weighted by Gasteiger charge is -2.24. The van der Waals surface area contributed by atoms with Gasteiger partial charge in [0.05, 0.1) is 6.54 Å². The predicted octanol–water partition coefficient (Wildman–Crippen LogP) is 3.60. The van der Waals surface area contributed by atoms with Gasteiger partial charge in [-0.15, -0.1) is 0 Å². The lowest BCUT2D eigenvalue weighted by molar-refractivity contribution is -0.00198. The first kappa shape index (κ1) is 14.1. The van der Waals surface area contributed by atoms with Crippen LogP contribution in [0.25, 0.3) is 0 Å². The summed E-state index contributed by atoms with van der Waals surface area (Å²) in [5, 5.41) is 2.54. The molecule has 1 nitrogen and oxygen atoms in total. The van der Waals surface area contributed by atoms with E-state index in [1.807, 2.05) is 26.8 Å². The Kier molecular flexibility index (Phi) is 3.92. The highest BCUT2D eigenvalue weighted by atomic mass is 19.3. The van der Waals surface area contributed by atoms with Gasteiger partial charge in [-0.05, 0) is 36.6 Å². The van der Waals surface area contributed by atoms with E-state index in [0.29, 0.717) is 5.56 Å². The Bertz CT molecular complexity index is 392. The number of hydrogen-bond acceptors (Lipinski definition) is 1. The number of alkyl halides is 2. The second-order valence-corrected chi connectivity index (χ2v) is 5.51. The first-order valence-electron chi connectivity index (χ1n) is 5.82. The van der Waals surface area contributed by atoms with E-state index in [1.54, 1.807) is 19.1 Å². The fraction of sp³-hybridized carbons (Fsp3) is 0.571. The maximum absolute atomic E-state index is 13.9. The molecule has 0 aliphatic rings. The zero-order valence-electron chi connectivity index (χ0n) is 11.2. The van der Waals surface area contributed by atoms with Crippen molar-refractivity contribution in [2.75, 3.05) is 13.6 Å². The number of benzene rings is 1. The van der Waals surface area contributed by atoms with Gasteiger partial charge in [-0.2, -0.15) is 8.78 Å². The second kappa shape index (κ2) is 4.73. The maximum Gasteiger partial charge on any atom is 0.285 e. The summed E-state index contributed by atoms with van der Waals surface area (Å²) in [7, 11) is 1.54. The molecule has 0 aromatic heterocycles. The van der Waals surface area contributed by atoms with Crippen LogP contribution in [0.5, 0.6) is 0 Å². The minimum absolute atomic E-state index is 0.113. The van der Waals surface area contributed by atoms with Gasteiger partial charge >= 0.3 is 0 Å². The Balaban J connectivity index is 3.24. The highest BCUT2D eigenvalue weighted by molar-refractivity contribution is 5.37. The number of likely N-dealkylation sites (N-methyl/N-ethyl adjacent to an activating group) is 1. The normalized spacial score (nSPS) is 12.9. The van der Waals surface area contributed by atoms with Crippen LogP contribution in [0.2, 0.25) is 0 Å². The topological polar surface area (TPSA) is 12.0 Å². The SMILES string of the molecule is CNCC(F)(F)c1cc(C(C)(C)C)ccc1C. The molecule has 0 unspecified atom stereocenters. The predicted molar refractivity (Wildman–Crippen MR) is 67.7 cm³/mol. The lowest BCUT2D eigenvalue weighted by Crippen LogP contribution is -2.29. The summed E-state index contributed by atoms with van der Waals surface area (Å²) in [6.07, 6.45) is 0. The molecule has 3 heteroatoms. The Labute approximate surface area is 102 Å². The van der Waals surface area contributed by atoms with Crippen LogP contribution in [-0.4, -0.2) is 13.6 Å². The lowest BCUT2D eigenvalue weighted by atomic mass is 9.84. The molecular formula is C14H21F2N. The standard InChI is InChI=1S/C14H21F2N/c1-10-6-7-11(13(2,3)4)8-12(10)14(15,16)9-17-5/h6-8,17H,9H2,1-5H3. The zero-order chi connectivity index (χ0) is 13.3. The molecule has 17 heavy (non-hydrogen) atoms. The summed E-state index contributed by atoms with van der Waals surface area (Å²) in [5.74, 6) is -2.82. The van der Waals surface area contributed by atoms with Gasteiger partial charge in [0.1, 0.15) is 0 Å². The van der Waals surface area contributed by atoms with Crippen molar-refractivity contribution in [3.63, 3.8) is 0 Å². The molecule has 0 amide bonds. The molecular weight excluding hydrogens is 220 g/mol. The number of aryl methyl sites for hydroxylation is 1. The monoisotopic (exact) mass is 241 g/mol. The molecule has 0 saturated carbocycles. The van der Waals surface area contributed by atoms with E-state index in [0.717, 1.165) is 5.56 Å². The van der Waals surface area contributed by atoms with Crippen molar-refractivity contribution in [2.24, 2.45) is 0 Å². The molecule has 96 valence electrons. The van der Waals surface area contributed by atoms with Gasteiger partial charge in [-0.25, -0.2) is 0 Å². The van der Waals surface area contributed by atoms with Crippen molar-refractivity contribution in [1.82, 2.24) is 5.32 Å². The molecule has 1 rings (SSSR count). The smallest absolute Gasteiger partial charge is 0.285 e. The third kappa shape index (κ3) is 3.25. The van der Waals surface area contributed by atoms with Crippen molar-refractivity contribution < 1.29 is 8.78 Å². The van der Waals surface area contributed by atoms with Crippen molar-refractivity contribution in [1.29, 1.82) is 0 Å². The van der Waals surface area contributed by atoms with Crippen molar-refractivity contribution in [2.45, 2.75) is 39.0 Å². The molecule has 0 bridgehead atoms. The minimum Gasteiger partial charge on any atom is -0.314 e. The van der Waals surface area contributed by atoms with Gasteiger partial charge in [0, 0.05) is 5.56 Å². The first-order chi connectivity index (χ1) is 7.68. The first-order valence-corrected chi connectivity index (χ1v) is 5.82. The van der Waals surface area contributed by atoms with Crippen molar-refractivity contribution in [3.05, 3.63) is 34.9 Å². The molecule has 1 aromatic carbocycles. The van der Waals surface area contributed by atoms with E-state index in [1.165, 1.54) is 7.05 Å². The van der Waals surface area contributed by atoms with E-state index < -0.39 is 5.92 Å².